The Morgan fingerprint density at radius 2 is 2.12 bits per heavy atom. The summed E-state index contributed by atoms with van der Waals surface area (Å²) in [5.74, 6) is 0.945. The van der Waals surface area contributed by atoms with Gasteiger partial charge in [-0.25, -0.2) is 0 Å². The number of rotatable bonds is 8. The molecule has 0 aliphatic carbocycles. The molecule has 1 N–H and O–H groups in total. The van der Waals surface area contributed by atoms with Gasteiger partial charge in [0.05, 0.1) is 6.61 Å². The van der Waals surface area contributed by atoms with E-state index in [0.29, 0.717) is 0 Å². The normalized spacial score (nSPS) is 10.7. The van der Waals surface area contributed by atoms with Gasteiger partial charge in [-0.1, -0.05) is 25.1 Å². The molecule has 1 aromatic rings. The average Bonchev–Trinajstić information content (AvgIpc) is 2.38. The summed E-state index contributed by atoms with van der Waals surface area (Å²) in [5.41, 5.74) is 1.09. The lowest BCUT2D eigenvalue weighted by Crippen LogP contribution is -1.97. The molecule has 0 atom stereocenters. The molecule has 0 unspecified atom stereocenters. The van der Waals surface area contributed by atoms with Crippen LogP contribution in [0.25, 0.3) is 0 Å². The third-order valence-corrected chi connectivity index (χ3v) is 2.56. The van der Waals surface area contributed by atoms with Crippen molar-refractivity contribution in [1.82, 2.24) is 0 Å². The second-order valence-electron chi connectivity index (χ2n) is 4.00. The van der Waals surface area contributed by atoms with Crippen molar-refractivity contribution in [3.05, 3.63) is 36.4 Å². The van der Waals surface area contributed by atoms with Gasteiger partial charge in [-0.2, -0.15) is 0 Å². The zero-order chi connectivity index (χ0) is 12.3. The molecule has 2 heteroatoms. The van der Waals surface area contributed by atoms with Crippen LogP contribution in [0.4, 0.5) is 5.69 Å². The minimum absolute atomic E-state index is 0.799. The molecule has 0 amide bonds. The number of benzene rings is 1. The molecule has 0 saturated carbocycles. The van der Waals surface area contributed by atoms with Crippen molar-refractivity contribution in [2.75, 3.05) is 19.0 Å². The van der Waals surface area contributed by atoms with Crippen molar-refractivity contribution in [1.29, 1.82) is 0 Å². The molecule has 0 spiro atoms. The van der Waals surface area contributed by atoms with E-state index in [2.05, 4.69) is 24.4 Å². The van der Waals surface area contributed by atoms with E-state index in [1.165, 1.54) is 6.42 Å². The highest BCUT2D eigenvalue weighted by atomic mass is 16.5. The van der Waals surface area contributed by atoms with Crippen LogP contribution in [0.5, 0.6) is 5.75 Å². The summed E-state index contributed by atoms with van der Waals surface area (Å²) in [6.45, 7) is 2.96. The van der Waals surface area contributed by atoms with Gasteiger partial charge in [0.25, 0.3) is 0 Å². The van der Waals surface area contributed by atoms with E-state index in [4.69, 9.17) is 4.74 Å². The van der Waals surface area contributed by atoms with Crippen LogP contribution in [0.2, 0.25) is 0 Å². The van der Waals surface area contributed by atoms with E-state index in [-0.39, 0.29) is 0 Å². The molecule has 0 aliphatic rings. The molecular formula is C15H23NO. The molecule has 0 radical (unpaired) electrons. The Morgan fingerprint density at radius 3 is 2.88 bits per heavy atom. The molecule has 0 saturated heterocycles. The van der Waals surface area contributed by atoms with Gasteiger partial charge >= 0.3 is 0 Å². The van der Waals surface area contributed by atoms with Gasteiger partial charge in [-0.3, -0.25) is 0 Å². The fourth-order valence-electron chi connectivity index (χ4n) is 1.58. The lowest BCUT2D eigenvalue weighted by molar-refractivity contribution is 0.307. The largest absolute Gasteiger partial charge is 0.494 e. The van der Waals surface area contributed by atoms with E-state index in [1.54, 1.807) is 0 Å². The summed E-state index contributed by atoms with van der Waals surface area (Å²) in [6, 6.07) is 8.06. The predicted molar refractivity (Wildman–Crippen MR) is 74.8 cm³/mol. The zero-order valence-electron chi connectivity index (χ0n) is 10.9. The van der Waals surface area contributed by atoms with Gasteiger partial charge < -0.3 is 10.1 Å². The van der Waals surface area contributed by atoms with Crippen LogP contribution in [0.15, 0.2) is 36.4 Å². The van der Waals surface area contributed by atoms with Crippen molar-refractivity contribution in [3.63, 3.8) is 0 Å². The van der Waals surface area contributed by atoms with Crippen molar-refractivity contribution in [2.45, 2.75) is 32.6 Å². The standard InChI is InChI=1S/C15H23NO/c1-3-4-5-6-7-8-12-17-15-11-9-10-14(13-15)16-2/h4-5,9-11,13,16H,3,6-8,12H2,1-2H3. The lowest BCUT2D eigenvalue weighted by Gasteiger charge is -2.07. The van der Waals surface area contributed by atoms with Crippen LogP contribution in [-0.2, 0) is 0 Å². The first kappa shape index (κ1) is 13.6. The maximum atomic E-state index is 5.69. The highest BCUT2D eigenvalue weighted by Crippen LogP contribution is 2.17. The van der Waals surface area contributed by atoms with Crippen LogP contribution < -0.4 is 10.1 Å². The first-order chi connectivity index (χ1) is 8.36. The average molecular weight is 233 g/mol. The number of hydrogen-bond acceptors (Lipinski definition) is 2. The minimum Gasteiger partial charge on any atom is -0.494 e. The summed E-state index contributed by atoms with van der Waals surface area (Å²) >= 11 is 0. The number of ether oxygens (including phenoxy) is 1. The fraction of sp³-hybridized carbons (Fsp3) is 0.467. The quantitative estimate of drug-likeness (QED) is 0.535. The van der Waals surface area contributed by atoms with Crippen LogP contribution >= 0.6 is 0 Å². The van der Waals surface area contributed by atoms with Gasteiger partial charge in [0.1, 0.15) is 5.75 Å². The van der Waals surface area contributed by atoms with Crippen molar-refractivity contribution in [2.24, 2.45) is 0 Å². The number of anilines is 1. The summed E-state index contributed by atoms with van der Waals surface area (Å²) in [5, 5.41) is 3.10. The molecule has 0 aliphatic heterocycles. The maximum Gasteiger partial charge on any atom is 0.121 e. The minimum atomic E-state index is 0.799. The first-order valence-electron chi connectivity index (χ1n) is 6.42. The molecule has 17 heavy (non-hydrogen) atoms. The molecule has 94 valence electrons. The summed E-state index contributed by atoms with van der Waals surface area (Å²) in [7, 11) is 1.92. The van der Waals surface area contributed by atoms with Gasteiger partial charge in [0.15, 0.2) is 0 Å². The Morgan fingerprint density at radius 1 is 1.24 bits per heavy atom. The summed E-state index contributed by atoms with van der Waals surface area (Å²) < 4.78 is 5.69. The maximum absolute atomic E-state index is 5.69. The van der Waals surface area contributed by atoms with Gasteiger partial charge in [0.2, 0.25) is 0 Å². The Kier molecular flexibility index (Phi) is 6.96. The van der Waals surface area contributed by atoms with Crippen LogP contribution in [0.1, 0.15) is 32.6 Å². The van der Waals surface area contributed by atoms with Crippen molar-refractivity contribution in [3.8, 4) is 5.75 Å². The van der Waals surface area contributed by atoms with Gasteiger partial charge in [-0.15, -0.1) is 0 Å². The molecule has 2 nitrogen and oxygen atoms in total. The smallest absolute Gasteiger partial charge is 0.121 e. The van der Waals surface area contributed by atoms with E-state index in [0.717, 1.165) is 37.3 Å². The SMILES string of the molecule is CCC=CCCCCOc1cccc(NC)c1. The van der Waals surface area contributed by atoms with E-state index >= 15 is 0 Å². The summed E-state index contributed by atoms with van der Waals surface area (Å²) in [4.78, 5) is 0. The second-order valence-corrected chi connectivity index (χ2v) is 4.00. The van der Waals surface area contributed by atoms with Crippen LogP contribution in [0, 0.1) is 0 Å². The highest BCUT2D eigenvalue weighted by molar-refractivity contribution is 5.47. The van der Waals surface area contributed by atoms with Crippen molar-refractivity contribution >= 4 is 5.69 Å². The van der Waals surface area contributed by atoms with E-state index < -0.39 is 0 Å². The molecule has 0 fully saturated rings. The topological polar surface area (TPSA) is 21.3 Å². The number of hydrogen-bond donors (Lipinski definition) is 1. The van der Waals surface area contributed by atoms with E-state index in [9.17, 15) is 0 Å². The second kappa shape index (κ2) is 8.68. The molecule has 0 heterocycles. The lowest BCUT2D eigenvalue weighted by atomic mass is 10.2. The number of allylic oxidation sites excluding steroid dienone is 2. The fourth-order valence-corrected chi connectivity index (χ4v) is 1.58. The Bertz CT molecular complexity index is 333. The number of unbranched alkanes of at least 4 members (excludes halogenated alkanes) is 2. The molecule has 0 bridgehead atoms. The molecule has 0 aromatic heterocycles. The Balaban J connectivity index is 2.15. The van der Waals surface area contributed by atoms with Gasteiger partial charge in [0, 0.05) is 18.8 Å². The Hall–Kier alpha value is -1.44. The first-order valence-corrected chi connectivity index (χ1v) is 6.42. The third-order valence-electron chi connectivity index (χ3n) is 2.56. The van der Waals surface area contributed by atoms with Crippen molar-refractivity contribution < 1.29 is 4.74 Å². The highest BCUT2D eigenvalue weighted by Gasteiger charge is 1.94. The molecular weight excluding hydrogens is 210 g/mol. The molecule has 1 rings (SSSR count). The van der Waals surface area contributed by atoms with Crippen LogP contribution in [0.3, 0.4) is 0 Å². The third kappa shape index (κ3) is 6.00. The van der Waals surface area contributed by atoms with Crippen LogP contribution in [-0.4, -0.2) is 13.7 Å². The number of nitrogens with one attached hydrogen (secondary N) is 1. The monoisotopic (exact) mass is 233 g/mol. The zero-order valence-corrected chi connectivity index (χ0v) is 10.9. The van der Waals surface area contributed by atoms with Gasteiger partial charge in [-0.05, 0) is 37.8 Å². The Labute approximate surface area is 105 Å². The van der Waals surface area contributed by atoms with E-state index in [1.807, 2.05) is 31.3 Å². The molecule has 1 aromatic carbocycles. The predicted octanol–water partition coefficient (Wildman–Crippen LogP) is 4.24. The summed E-state index contributed by atoms with van der Waals surface area (Å²) in [6.07, 6.45) is 9.07.